The zero-order valence-corrected chi connectivity index (χ0v) is 74.1. The molecule has 1 amide bonds. The second-order valence-corrected chi connectivity index (χ2v) is 37.4. The van der Waals surface area contributed by atoms with E-state index in [4.69, 9.17) is 24.5 Å². The number of esters is 3. The Morgan fingerprint density at radius 1 is 0.500 bits per heavy atom. The van der Waals surface area contributed by atoms with E-state index in [2.05, 4.69) is 79.6 Å². The summed E-state index contributed by atoms with van der Waals surface area (Å²) in [5.41, 5.74) is 13.6. The van der Waals surface area contributed by atoms with Crippen molar-refractivity contribution in [1.82, 2.24) is 45.1 Å². The van der Waals surface area contributed by atoms with Crippen LogP contribution in [0, 0.1) is 11.6 Å². The van der Waals surface area contributed by atoms with Crippen LogP contribution in [0.15, 0.2) is 180 Å². The molecular weight excluding hydrogens is 1830 g/mol. The highest BCUT2D eigenvalue weighted by Gasteiger charge is 2.38. The number of halogens is 6. The molecule has 2 aliphatic heterocycles. The SMILES string of the molecule is Brc1cccc2ncsc12.CCOC(=O)CCS.CCOC(=O)CCS(=O)(=O)c1cccc2ncsc12.CCOC(=O)CCSc1cccc2ncsc12.Fc1cnccc1N1CCNCC1.O=C(CCS(=O)(=O)c1cccc2ncsc12)N1CCN(c2ccncc2F)CC1.O=C(O)C(F)(F)F.O=C(O)CCS(=O)(=O)c1cccc2ncsc12. The molecule has 0 radical (unpaired) electrons. The number of anilines is 2. The number of fused-ring (bicyclic) bond motifs is 5. The summed E-state index contributed by atoms with van der Waals surface area (Å²) in [5.74, 6) is -5.07. The number of thioether (sulfide) groups is 1. The first-order valence-electron chi connectivity index (χ1n) is 36.2. The fourth-order valence-corrected chi connectivity index (χ4v) is 21.8. The van der Waals surface area contributed by atoms with Crippen LogP contribution in [-0.4, -0.2) is 218 Å². The van der Waals surface area contributed by atoms with Gasteiger partial charge in [-0.2, -0.15) is 25.8 Å². The van der Waals surface area contributed by atoms with Crippen molar-refractivity contribution >= 4 is 225 Å². The number of thiazole rings is 5. The average Bonchev–Trinajstić information content (AvgIpc) is 1.57. The third-order valence-corrected chi connectivity index (χ3v) is 28.7. The third-order valence-electron chi connectivity index (χ3n) is 16.3. The molecule has 12 aromatic rings. The summed E-state index contributed by atoms with van der Waals surface area (Å²) in [6.07, 6.45) is 0.762. The fourth-order valence-electron chi connectivity index (χ4n) is 10.7. The summed E-state index contributed by atoms with van der Waals surface area (Å²) in [6.45, 7) is 11.8. The number of thiol groups is 1. The predicted octanol–water partition coefficient (Wildman–Crippen LogP) is 14.4. The van der Waals surface area contributed by atoms with Crippen LogP contribution >= 0.6 is 97.0 Å². The van der Waals surface area contributed by atoms with Gasteiger partial charge in [0.15, 0.2) is 41.1 Å². The van der Waals surface area contributed by atoms with Crippen molar-refractivity contribution in [3.05, 3.63) is 172 Å². The molecule has 0 atom stereocenters. The molecule has 3 N–H and O–H groups in total. The first-order chi connectivity index (χ1) is 57.3. The van der Waals surface area contributed by atoms with Crippen molar-refractivity contribution in [2.45, 2.75) is 78.6 Å². The first-order valence-corrected chi connectivity index (χ1v) is 47.9. The molecule has 0 bridgehead atoms. The molecule has 14 rings (SSSR count). The van der Waals surface area contributed by atoms with E-state index in [0.29, 0.717) is 100 Å². The number of ether oxygens (including phenoxy) is 3. The molecular formula is C76H81BrF5N11O17S10. The lowest BCUT2D eigenvalue weighted by Gasteiger charge is -2.36. The number of amides is 1. The van der Waals surface area contributed by atoms with Crippen LogP contribution in [0.25, 0.3) is 51.1 Å². The molecule has 644 valence electrons. The number of hydrogen-bond donors (Lipinski definition) is 4. The van der Waals surface area contributed by atoms with Crippen molar-refractivity contribution in [3.8, 4) is 0 Å². The quantitative estimate of drug-likeness (QED) is 0.0152. The van der Waals surface area contributed by atoms with Crippen LogP contribution < -0.4 is 15.1 Å². The van der Waals surface area contributed by atoms with E-state index in [1.807, 2.05) is 58.1 Å². The second kappa shape index (κ2) is 49.1. The number of pyridine rings is 2. The van der Waals surface area contributed by atoms with Crippen LogP contribution in [0.5, 0.6) is 0 Å². The van der Waals surface area contributed by atoms with Gasteiger partial charge in [0.1, 0.15) is 0 Å². The van der Waals surface area contributed by atoms with Gasteiger partial charge in [0, 0.05) is 92.0 Å². The number of carboxylic acid groups (broad SMARTS) is 2. The molecule has 0 spiro atoms. The van der Waals surface area contributed by atoms with E-state index < -0.39 is 65.8 Å². The third kappa shape index (κ3) is 30.8. The standard InChI is InChI=1S/C19H19FN4O3S2.C12H13NO4S2.C12H13NO2S2.C10H9NO4S2.C9H12FN3.C7H4BrNS.C5H10O2S.C2HF3O2/c20-14-12-21-6-4-16(14)23-7-9-24(10-8-23)18(25)5-11-29(26,27)17-3-1-2-15-19(17)28-13-22-15;1-2-17-11(14)6-7-19(15,16)10-5-3-4-9-12(10)18-8-13-9;1-2-15-11(14)6-7-16-10-5-3-4-9-12(10)17-8-13-9;12-9(13)4-5-17(14,15)8-3-1-2-7-10(8)16-6-11-7;10-8-7-12-2-1-9(8)13-5-3-11-4-6-13;8-5-2-1-3-6-7(5)10-4-9-6;1-2-7-5(6)3-4-8;3-2(4,5)1(6)7/h1-4,6,12-13H,5,7-11H2;3-5,8H,2,6-7H2,1H3;3-5,8H,2,6-7H2,1H3;1-3,6H,4-5H2,(H,12,13);1-2,7,11H,3-6H2;1-4H;8H,2-4H2,1H3;(H,6,7). The summed E-state index contributed by atoms with van der Waals surface area (Å²) >= 11 is 16.1. The maximum Gasteiger partial charge on any atom is 0.490 e. The summed E-state index contributed by atoms with van der Waals surface area (Å²) < 4.78 is 152. The lowest BCUT2D eigenvalue weighted by molar-refractivity contribution is -0.192. The van der Waals surface area contributed by atoms with Gasteiger partial charge in [-0.05, 0) is 109 Å². The molecule has 0 aliphatic carbocycles. The van der Waals surface area contributed by atoms with Crippen LogP contribution in [0.2, 0.25) is 0 Å². The van der Waals surface area contributed by atoms with Gasteiger partial charge >= 0.3 is 36.0 Å². The highest BCUT2D eigenvalue weighted by molar-refractivity contribution is 9.10. The maximum absolute atomic E-state index is 13.9. The molecule has 28 nitrogen and oxygen atoms in total. The highest BCUT2D eigenvalue weighted by atomic mass is 79.9. The number of nitrogens with zero attached hydrogens (tertiary/aromatic N) is 10. The number of rotatable bonds is 23. The second-order valence-electron chi connectivity index (χ2n) is 24.4. The van der Waals surface area contributed by atoms with Gasteiger partial charge in [-0.1, -0.05) is 30.3 Å². The fraction of sp³-hybridized carbons (Fsp3) is 0.329. The number of alkyl halides is 3. The van der Waals surface area contributed by atoms with Gasteiger partial charge in [-0.3, -0.25) is 33.9 Å². The molecule has 2 fully saturated rings. The Labute approximate surface area is 725 Å². The molecule has 120 heavy (non-hydrogen) atoms. The van der Waals surface area contributed by atoms with E-state index in [1.54, 1.807) is 137 Å². The summed E-state index contributed by atoms with van der Waals surface area (Å²) in [5, 5.41) is 18.9. The summed E-state index contributed by atoms with van der Waals surface area (Å²) in [7, 11) is -10.7. The van der Waals surface area contributed by atoms with E-state index in [0.717, 1.165) is 47.4 Å². The lowest BCUT2D eigenvalue weighted by atomic mass is 10.2. The van der Waals surface area contributed by atoms with Gasteiger partial charge in [0.25, 0.3) is 0 Å². The number of nitrogens with one attached hydrogen (secondary N) is 1. The molecule has 2 saturated heterocycles. The van der Waals surface area contributed by atoms with Crippen molar-refractivity contribution in [3.63, 3.8) is 0 Å². The number of hydrogen-bond acceptors (Lipinski definition) is 32. The molecule has 2 aliphatic rings. The van der Waals surface area contributed by atoms with Crippen LogP contribution in [0.4, 0.5) is 33.3 Å². The zero-order chi connectivity index (χ0) is 87.4. The number of aliphatic carboxylic acids is 2. The number of carbonyl (C=O) groups excluding carboxylic acids is 4. The number of sulfone groups is 3. The van der Waals surface area contributed by atoms with Gasteiger partial charge < -0.3 is 44.4 Å². The minimum absolute atomic E-state index is 0.0822. The molecule has 5 aromatic carbocycles. The van der Waals surface area contributed by atoms with Crippen LogP contribution in [-0.2, 0) is 72.5 Å². The van der Waals surface area contributed by atoms with E-state index >= 15 is 0 Å². The molecule has 0 saturated carbocycles. The lowest BCUT2D eigenvalue weighted by Crippen LogP contribution is -2.49. The summed E-state index contributed by atoms with van der Waals surface area (Å²) in [4.78, 5) is 100. The Bertz CT molecular complexity index is 5710. The normalized spacial score (nSPS) is 12.7. The van der Waals surface area contributed by atoms with Crippen LogP contribution in [0.1, 0.15) is 52.9 Å². The van der Waals surface area contributed by atoms with Crippen molar-refractivity contribution < 1.29 is 100 Å². The van der Waals surface area contributed by atoms with E-state index in [-0.39, 0.29) is 75.1 Å². The number of carbonyl (C=O) groups is 6. The van der Waals surface area contributed by atoms with Crippen molar-refractivity contribution in [2.24, 2.45) is 0 Å². The minimum Gasteiger partial charge on any atom is -0.481 e. The van der Waals surface area contributed by atoms with Gasteiger partial charge in [0.2, 0.25) is 5.91 Å². The van der Waals surface area contributed by atoms with Gasteiger partial charge in [-0.25, -0.2) is 63.7 Å². The first kappa shape index (κ1) is 98.0. The largest absolute Gasteiger partial charge is 0.490 e. The number of piperazine rings is 2. The maximum atomic E-state index is 13.9. The Balaban J connectivity index is 0.000000196. The van der Waals surface area contributed by atoms with Gasteiger partial charge in [-0.15, -0.1) is 68.4 Å². The van der Waals surface area contributed by atoms with Crippen molar-refractivity contribution in [2.75, 3.05) is 111 Å². The average molecular weight is 1920 g/mol. The number of benzene rings is 5. The smallest absolute Gasteiger partial charge is 0.481 e. The topological polar surface area (TPSA) is 385 Å². The Kier molecular flexibility index (Phi) is 40.1. The predicted molar refractivity (Wildman–Crippen MR) is 463 cm³/mol. The number of aromatic nitrogens is 7. The van der Waals surface area contributed by atoms with Gasteiger partial charge in [0.05, 0.1) is 180 Å². The minimum atomic E-state index is -5.08. The molecule has 0 unspecified atom stereocenters. The summed E-state index contributed by atoms with van der Waals surface area (Å²) in [6, 6.07) is 30.2. The van der Waals surface area contributed by atoms with Crippen molar-refractivity contribution in [1.29, 1.82) is 0 Å². The van der Waals surface area contributed by atoms with E-state index in [9.17, 15) is 71.2 Å². The Morgan fingerprint density at radius 2 is 0.867 bits per heavy atom. The molecule has 7 aromatic heterocycles. The Morgan fingerprint density at radius 3 is 1.27 bits per heavy atom. The zero-order valence-electron chi connectivity index (χ0n) is 64.2. The van der Waals surface area contributed by atoms with Crippen LogP contribution in [0.3, 0.4) is 0 Å². The number of carboxylic acids is 2. The highest BCUT2D eigenvalue weighted by Crippen LogP contribution is 2.34. The Hall–Kier alpha value is -9.09. The monoisotopic (exact) mass is 1910 g/mol. The molecule has 44 heteroatoms. The van der Waals surface area contributed by atoms with E-state index in [1.165, 1.54) is 73.0 Å². The molecule has 9 heterocycles.